The molecule has 3 rings (SSSR count). The van der Waals surface area contributed by atoms with E-state index in [9.17, 15) is 0 Å². The summed E-state index contributed by atoms with van der Waals surface area (Å²) in [6.45, 7) is 6.29. The van der Waals surface area contributed by atoms with E-state index < -0.39 is 0 Å². The van der Waals surface area contributed by atoms with Crippen LogP contribution in [0.3, 0.4) is 0 Å². The Balaban J connectivity index is 2.03. The van der Waals surface area contributed by atoms with Gasteiger partial charge in [-0.3, -0.25) is 0 Å². The Kier molecular flexibility index (Phi) is 3.99. The van der Waals surface area contributed by atoms with Crippen LogP contribution in [-0.2, 0) is 12.8 Å². The fourth-order valence-corrected chi connectivity index (χ4v) is 2.92. The first-order valence-electron chi connectivity index (χ1n) is 7.89. The highest BCUT2D eigenvalue weighted by molar-refractivity contribution is 5.46. The first kappa shape index (κ1) is 14.8. The summed E-state index contributed by atoms with van der Waals surface area (Å²) in [5, 5.41) is 0. The maximum Gasteiger partial charge on any atom is 0.137 e. The standard InChI is InChI=1S/C19H23N3/c1-4-15-6-8-16(9-7-15)11-17-19(14(3)20)22-12-13(2)5-10-18(22)21-17/h5-10,12,14H,4,11,20H2,1-3H3. The third-order valence-corrected chi connectivity index (χ3v) is 4.11. The Hall–Kier alpha value is -2.13. The Bertz CT molecular complexity index is 782. The van der Waals surface area contributed by atoms with Gasteiger partial charge in [0.05, 0.1) is 11.4 Å². The van der Waals surface area contributed by atoms with Gasteiger partial charge < -0.3 is 10.1 Å². The lowest BCUT2D eigenvalue weighted by molar-refractivity contribution is 0.754. The summed E-state index contributed by atoms with van der Waals surface area (Å²) < 4.78 is 2.13. The lowest BCUT2D eigenvalue weighted by Gasteiger charge is -2.09. The Morgan fingerprint density at radius 3 is 2.41 bits per heavy atom. The first-order chi connectivity index (χ1) is 10.6. The quantitative estimate of drug-likeness (QED) is 0.794. The van der Waals surface area contributed by atoms with E-state index >= 15 is 0 Å². The van der Waals surface area contributed by atoms with Gasteiger partial charge in [-0.1, -0.05) is 37.3 Å². The molecule has 1 unspecified atom stereocenters. The van der Waals surface area contributed by atoms with E-state index in [2.05, 4.69) is 60.8 Å². The fourth-order valence-electron chi connectivity index (χ4n) is 2.92. The van der Waals surface area contributed by atoms with Gasteiger partial charge in [-0.05, 0) is 43.0 Å². The molecule has 2 N–H and O–H groups in total. The van der Waals surface area contributed by atoms with Crippen molar-refractivity contribution in [2.45, 2.75) is 39.7 Å². The molecule has 1 aromatic carbocycles. The van der Waals surface area contributed by atoms with E-state index in [0.717, 1.165) is 29.9 Å². The average molecular weight is 293 g/mol. The number of pyridine rings is 1. The molecule has 0 amide bonds. The topological polar surface area (TPSA) is 43.3 Å². The zero-order valence-electron chi connectivity index (χ0n) is 13.5. The number of hydrogen-bond acceptors (Lipinski definition) is 2. The molecule has 1 atom stereocenters. The highest BCUT2D eigenvalue weighted by Crippen LogP contribution is 2.22. The number of rotatable bonds is 4. The maximum atomic E-state index is 6.21. The first-order valence-corrected chi connectivity index (χ1v) is 7.89. The van der Waals surface area contributed by atoms with Crippen molar-refractivity contribution in [3.05, 3.63) is 70.7 Å². The molecule has 2 aromatic heterocycles. The van der Waals surface area contributed by atoms with Gasteiger partial charge in [0.1, 0.15) is 5.65 Å². The van der Waals surface area contributed by atoms with E-state index in [1.807, 2.05) is 6.92 Å². The molecule has 0 fully saturated rings. The smallest absolute Gasteiger partial charge is 0.137 e. The number of aromatic nitrogens is 2. The average Bonchev–Trinajstić information content (AvgIpc) is 2.85. The summed E-state index contributed by atoms with van der Waals surface area (Å²) in [6.07, 6.45) is 4.01. The minimum absolute atomic E-state index is 0.0401. The molecule has 3 heteroatoms. The van der Waals surface area contributed by atoms with Crippen LogP contribution in [0.1, 0.15) is 48.0 Å². The van der Waals surface area contributed by atoms with E-state index in [1.165, 1.54) is 16.7 Å². The van der Waals surface area contributed by atoms with Crippen molar-refractivity contribution in [2.75, 3.05) is 0 Å². The van der Waals surface area contributed by atoms with Gasteiger partial charge in [0.25, 0.3) is 0 Å². The molecule has 0 bridgehead atoms. The molecular formula is C19H23N3. The summed E-state index contributed by atoms with van der Waals surface area (Å²) in [4.78, 5) is 4.80. The van der Waals surface area contributed by atoms with Crippen LogP contribution in [0.5, 0.6) is 0 Å². The lowest BCUT2D eigenvalue weighted by Crippen LogP contribution is -2.11. The van der Waals surface area contributed by atoms with Gasteiger partial charge in [-0.25, -0.2) is 4.98 Å². The number of fused-ring (bicyclic) bond motifs is 1. The SMILES string of the molecule is CCc1ccc(Cc2nc3ccc(C)cn3c2C(C)N)cc1. The molecule has 0 aliphatic heterocycles. The summed E-state index contributed by atoms with van der Waals surface area (Å²) in [6, 6.07) is 12.9. The van der Waals surface area contributed by atoms with Gasteiger partial charge >= 0.3 is 0 Å². The molecule has 114 valence electrons. The minimum Gasteiger partial charge on any atom is -0.323 e. The van der Waals surface area contributed by atoms with Crippen LogP contribution in [-0.4, -0.2) is 9.38 Å². The van der Waals surface area contributed by atoms with E-state index in [0.29, 0.717) is 0 Å². The van der Waals surface area contributed by atoms with Crippen LogP contribution < -0.4 is 5.73 Å². The van der Waals surface area contributed by atoms with E-state index in [1.54, 1.807) is 0 Å². The monoisotopic (exact) mass is 293 g/mol. The number of nitrogens with zero attached hydrogens (tertiary/aromatic N) is 2. The van der Waals surface area contributed by atoms with Crippen LogP contribution in [0.4, 0.5) is 0 Å². The molecule has 3 aromatic rings. The van der Waals surface area contributed by atoms with Crippen molar-refractivity contribution in [1.29, 1.82) is 0 Å². The van der Waals surface area contributed by atoms with Crippen molar-refractivity contribution < 1.29 is 0 Å². The van der Waals surface area contributed by atoms with Crippen molar-refractivity contribution in [3.8, 4) is 0 Å². The van der Waals surface area contributed by atoms with Gasteiger partial charge in [0, 0.05) is 18.7 Å². The highest BCUT2D eigenvalue weighted by atomic mass is 15.0. The van der Waals surface area contributed by atoms with Crippen LogP contribution in [0.25, 0.3) is 5.65 Å². The highest BCUT2D eigenvalue weighted by Gasteiger charge is 2.15. The number of imidazole rings is 1. The summed E-state index contributed by atoms with van der Waals surface area (Å²) >= 11 is 0. The van der Waals surface area contributed by atoms with Crippen molar-refractivity contribution in [2.24, 2.45) is 5.73 Å². The van der Waals surface area contributed by atoms with Crippen molar-refractivity contribution in [3.63, 3.8) is 0 Å². The zero-order chi connectivity index (χ0) is 15.7. The molecule has 0 spiro atoms. The van der Waals surface area contributed by atoms with Gasteiger partial charge in [0.2, 0.25) is 0 Å². The normalized spacial score (nSPS) is 12.7. The third kappa shape index (κ3) is 2.77. The summed E-state index contributed by atoms with van der Waals surface area (Å²) in [5.41, 5.74) is 13.2. The van der Waals surface area contributed by atoms with Crippen LogP contribution in [0.2, 0.25) is 0 Å². The largest absolute Gasteiger partial charge is 0.323 e. The van der Waals surface area contributed by atoms with Gasteiger partial charge in [-0.15, -0.1) is 0 Å². The molecule has 3 nitrogen and oxygen atoms in total. The molecular weight excluding hydrogens is 270 g/mol. The van der Waals surface area contributed by atoms with Crippen LogP contribution in [0.15, 0.2) is 42.6 Å². The van der Waals surface area contributed by atoms with Crippen molar-refractivity contribution >= 4 is 5.65 Å². The van der Waals surface area contributed by atoms with Crippen LogP contribution in [0, 0.1) is 6.92 Å². The number of aryl methyl sites for hydroxylation is 2. The predicted octanol–water partition coefficient (Wildman–Crippen LogP) is 3.82. The molecule has 2 heterocycles. The second kappa shape index (κ2) is 5.93. The Morgan fingerprint density at radius 2 is 1.77 bits per heavy atom. The summed E-state index contributed by atoms with van der Waals surface area (Å²) in [7, 11) is 0. The molecule has 0 saturated heterocycles. The van der Waals surface area contributed by atoms with Crippen molar-refractivity contribution in [1.82, 2.24) is 9.38 Å². The van der Waals surface area contributed by atoms with Crippen LogP contribution >= 0.6 is 0 Å². The number of nitrogens with two attached hydrogens (primary N) is 1. The Morgan fingerprint density at radius 1 is 1.09 bits per heavy atom. The number of hydrogen-bond donors (Lipinski definition) is 1. The van der Waals surface area contributed by atoms with E-state index in [-0.39, 0.29) is 6.04 Å². The van der Waals surface area contributed by atoms with Gasteiger partial charge in [-0.2, -0.15) is 0 Å². The minimum atomic E-state index is -0.0401. The fraction of sp³-hybridized carbons (Fsp3) is 0.316. The second-order valence-corrected chi connectivity index (χ2v) is 6.01. The third-order valence-electron chi connectivity index (χ3n) is 4.11. The molecule has 0 saturated carbocycles. The predicted molar refractivity (Wildman–Crippen MR) is 91.2 cm³/mol. The molecule has 0 aliphatic carbocycles. The molecule has 0 radical (unpaired) electrons. The maximum absolute atomic E-state index is 6.21. The Labute approximate surface area is 131 Å². The number of benzene rings is 1. The lowest BCUT2D eigenvalue weighted by atomic mass is 10.0. The zero-order valence-corrected chi connectivity index (χ0v) is 13.5. The second-order valence-electron chi connectivity index (χ2n) is 6.01. The summed E-state index contributed by atoms with van der Waals surface area (Å²) in [5.74, 6) is 0. The molecule has 22 heavy (non-hydrogen) atoms. The van der Waals surface area contributed by atoms with E-state index in [4.69, 9.17) is 10.7 Å². The van der Waals surface area contributed by atoms with Gasteiger partial charge in [0.15, 0.2) is 0 Å². The molecule has 0 aliphatic rings.